The lowest BCUT2D eigenvalue weighted by Crippen LogP contribution is -2.39. The predicted octanol–water partition coefficient (Wildman–Crippen LogP) is 2.44. The zero-order valence-corrected chi connectivity index (χ0v) is 11.6. The predicted molar refractivity (Wildman–Crippen MR) is 74.6 cm³/mol. The van der Waals surface area contributed by atoms with Gasteiger partial charge in [0.2, 0.25) is 0 Å². The number of halogens is 1. The molecule has 4 nitrogen and oxygen atoms in total. The number of rotatable bonds is 1. The molecule has 102 valence electrons. The van der Waals surface area contributed by atoms with E-state index in [4.69, 9.17) is 11.6 Å². The molecule has 1 aromatic rings. The molecule has 0 spiro atoms. The van der Waals surface area contributed by atoms with Gasteiger partial charge in [-0.2, -0.15) is 5.10 Å². The van der Waals surface area contributed by atoms with Gasteiger partial charge < -0.3 is 4.90 Å². The second kappa shape index (κ2) is 4.23. The summed E-state index contributed by atoms with van der Waals surface area (Å²) in [5.74, 6) is 2.55. The minimum atomic E-state index is -0.275. The number of hydrogen-bond acceptors (Lipinski definition) is 3. The second-order valence-electron chi connectivity index (χ2n) is 6.48. The molecule has 4 aliphatic rings. The van der Waals surface area contributed by atoms with E-state index in [1.54, 1.807) is 6.20 Å². The Kier molecular flexibility index (Phi) is 2.62. The zero-order valence-electron chi connectivity index (χ0n) is 10.8. The molecule has 3 heterocycles. The van der Waals surface area contributed by atoms with Crippen molar-refractivity contribution in [2.24, 2.45) is 17.8 Å². The standard InChI is InChI=1S/C14H18ClN3O/c15-13-12(6-16-17-14(13)19)18-7-10-2-8-1-9(3-10)5-11(18)4-8/h6,8-11H,1-5,7H2,(H,17,19). The SMILES string of the molecule is O=c1[nH]ncc(N2CC3CC4CC(C3)CC2C4)c1Cl. The maximum Gasteiger partial charge on any atom is 0.285 e. The normalized spacial score (nSPS) is 36.6. The number of aromatic nitrogens is 2. The number of anilines is 1. The number of aromatic amines is 1. The van der Waals surface area contributed by atoms with Crippen molar-refractivity contribution < 1.29 is 0 Å². The number of fused-ring (bicyclic) bond motifs is 1. The average molecular weight is 280 g/mol. The quantitative estimate of drug-likeness (QED) is 0.859. The Hall–Kier alpha value is -1.03. The summed E-state index contributed by atoms with van der Waals surface area (Å²) in [4.78, 5) is 14.0. The van der Waals surface area contributed by atoms with E-state index in [1.807, 2.05) is 0 Å². The van der Waals surface area contributed by atoms with Crippen LogP contribution in [0.25, 0.3) is 0 Å². The van der Waals surface area contributed by atoms with Crippen LogP contribution < -0.4 is 10.5 Å². The first kappa shape index (κ1) is 11.8. The molecular formula is C14H18ClN3O. The van der Waals surface area contributed by atoms with E-state index < -0.39 is 0 Å². The highest BCUT2D eigenvalue weighted by atomic mass is 35.5. The Morgan fingerprint density at radius 1 is 1.16 bits per heavy atom. The molecule has 2 saturated heterocycles. The first-order chi connectivity index (χ1) is 9.20. The van der Waals surface area contributed by atoms with Gasteiger partial charge in [0, 0.05) is 12.6 Å². The lowest BCUT2D eigenvalue weighted by Gasteiger charge is -2.39. The van der Waals surface area contributed by atoms with Crippen LogP contribution in [-0.4, -0.2) is 22.8 Å². The monoisotopic (exact) mass is 279 g/mol. The fourth-order valence-electron chi connectivity index (χ4n) is 4.65. The van der Waals surface area contributed by atoms with Crippen molar-refractivity contribution in [1.82, 2.24) is 10.2 Å². The molecule has 19 heavy (non-hydrogen) atoms. The molecule has 0 amide bonds. The Labute approximate surface area is 117 Å². The Balaban J connectivity index is 1.75. The molecule has 2 unspecified atom stereocenters. The Bertz CT molecular complexity index is 544. The summed E-state index contributed by atoms with van der Waals surface area (Å²) < 4.78 is 0. The number of hydrogen-bond donors (Lipinski definition) is 1. The minimum Gasteiger partial charge on any atom is -0.366 e. The fourth-order valence-corrected chi connectivity index (χ4v) is 4.85. The van der Waals surface area contributed by atoms with E-state index in [0.717, 1.165) is 30.0 Å². The summed E-state index contributed by atoms with van der Waals surface area (Å²) in [7, 11) is 0. The summed E-state index contributed by atoms with van der Waals surface area (Å²) in [6.45, 7) is 1.04. The van der Waals surface area contributed by atoms with Crippen LogP contribution in [0.5, 0.6) is 0 Å². The topological polar surface area (TPSA) is 49.0 Å². The number of nitrogens with zero attached hydrogens (tertiary/aromatic N) is 2. The number of H-pyrrole nitrogens is 1. The third-order valence-electron chi connectivity index (χ3n) is 5.19. The summed E-state index contributed by atoms with van der Waals surface area (Å²) in [6, 6.07) is 0.553. The Morgan fingerprint density at radius 3 is 2.58 bits per heavy atom. The maximum atomic E-state index is 11.7. The van der Waals surface area contributed by atoms with Crippen molar-refractivity contribution in [2.45, 2.75) is 38.1 Å². The van der Waals surface area contributed by atoms with Crippen molar-refractivity contribution in [3.05, 3.63) is 21.6 Å². The van der Waals surface area contributed by atoms with Gasteiger partial charge in [-0.25, -0.2) is 5.10 Å². The van der Waals surface area contributed by atoms with E-state index in [0.29, 0.717) is 11.1 Å². The van der Waals surface area contributed by atoms with Gasteiger partial charge in [0.05, 0.1) is 11.9 Å². The summed E-state index contributed by atoms with van der Waals surface area (Å²) in [6.07, 6.45) is 8.37. The summed E-state index contributed by atoms with van der Waals surface area (Å²) in [5, 5.41) is 6.64. The van der Waals surface area contributed by atoms with E-state index in [9.17, 15) is 4.79 Å². The van der Waals surface area contributed by atoms with Gasteiger partial charge in [0.25, 0.3) is 5.56 Å². The molecule has 0 radical (unpaired) electrons. The first-order valence-electron chi connectivity index (χ1n) is 7.20. The molecule has 0 aromatic carbocycles. The van der Waals surface area contributed by atoms with Gasteiger partial charge >= 0.3 is 0 Å². The molecule has 4 bridgehead atoms. The van der Waals surface area contributed by atoms with Gasteiger partial charge in [-0.15, -0.1) is 0 Å². The molecule has 2 saturated carbocycles. The molecular weight excluding hydrogens is 262 g/mol. The maximum absolute atomic E-state index is 11.7. The molecule has 5 rings (SSSR count). The highest BCUT2D eigenvalue weighted by molar-refractivity contribution is 6.33. The second-order valence-corrected chi connectivity index (χ2v) is 6.86. The smallest absolute Gasteiger partial charge is 0.285 e. The van der Waals surface area contributed by atoms with Gasteiger partial charge in [0.15, 0.2) is 0 Å². The van der Waals surface area contributed by atoms with Crippen molar-refractivity contribution >= 4 is 17.3 Å². The molecule has 4 fully saturated rings. The van der Waals surface area contributed by atoms with Crippen molar-refractivity contribution in [2.75, 3.05) is 11.4 Å². The van der Waals surface area contributed by atoms with Crippen molar-refractivity contribution in [3.63, 3.8) is 0 Å². The lowest BCUT2D eigenvalue weighted by molar-refractivity contribution is 0.157. The van der Waals surface area contributed by atoms with Crippen LogP contribution in [0.1, 0.15) is 32.1 Å². The minimum absolute atomic E-state index is 0.275. The van der Waals surface area contributed by atoms with E-state index in [2.05, 4.69) is 15.1 Å². The molecule has 5 heteroatoms. The first-order valence-corrected chi connectivity index (χ1v) is 7.58. The van der Waals surface area contributed by atoms with Gasteiger partial charge in [-0.1, -0.05) is 11.6 Å². The van der Waals surface area contributed by atoms with Crippen LogP contribution in [0, 0.1) is 17.8 Å². The zero-order chi connectivity index (χ0) is 13.0. The fraction of sp³-hybridized carbons (Fsp3) is 0.714. The molecule has 2 aliphatic carbocycles. The van der Waals surface area contributed by atoms with Gasteiger partial charge in [0.1, 0.15) is 5.02 Å². The Morgan fingerprint density at radius 2 is 1.84 bits per heavy atom. The third kappa shape index (κ3) is 1.88. The summed E-state index contributed by atoms with van der Waals surface area (Å²) >= 11 is 6.19. The van der Waals surface area contributed by atoms with E-state index in [1.165, 1.54) is 32.1 Å². The van der Waals surface area contributed by atoms with Crippen LogP contribution in [0.2, 0.25) is 5.02 Å². The van der Waals surface area contributed by atoms with E-state index >= 15 is 0 Å². The highest BCUT2D eigenvalue weighted by Gasteiger charge is 2.43. The lowest BCUT2D eigenvalue weighted by atomic mass is 9.68. The van der Waals surface area contributed by atoms with Crippen LogP contribution in [0.3, 0.4) is 0 Å². The van der Waals surface area contributed by atoms with Crippen molar-refractivity contribution in [1.29, 1.82) is 0 Å². The average Bonchev–Trinajstić information content (AvgIpc) is 2.57. The molecule has 1 aromatic heterocycles. The van der Waals surface area contributed by atoms with Crippen molar-refractivity contribution in [3.8, 4) is 0 Å². The van der Waals surface area contributed by atoms with Crippen LogP contribution in [0.4, 0.5) is 5.69 Å². The molecule has 2 atom stereocenters. The third-order valence-corrected chi connectivity index (χ3v) is 5.56. The van der Waals surface area contributed by atoms with Crippen LogP contribution in [0.15, 0.2) is 11.0 Å². The van der Waals surface area contributed by atoms with Gasteiger partial charge in [-0.3, -0.25) is 4.79 Å². The van der Waals surface area contributed by atoms with E-state index in [-0.39, 0.29) is 5.56 Å². The molecule has 2 aliphatic heterocycles. The van der Waals surface area contributed by atoms with Crippen LogP contribution >= 0.6 is 11.6 Å². The molecule has 1 N–H and O–H groups in total. The summed E-state index contributed by atoms with van der Waals surface area (Å²) in [5.41, 5.74) is 0.562. The van der Waals surface area contributed by atoms with Crippen LogP contribution in [-0.2, 0) is 0 Å². The highest BCUT2D eigenvalue weighted by Crippen LogP contribution is 2.48. The largest absolute Gasteiger partial charge is 0.366 e. The number of nitrogens with one attached hydrogen (secondary N) is 1. The van der Waals surface area contributed by atoms with Gasteiger partial charge in [-0.05, 0) is 49.9 Å².